The van der Waals surface area contributed by atoms with Crippen LogP contribution in [0.2, 0.25) is 0 Å². The number of carboxylic acids is 1. The van der Waals surface area contributed by atoms with E-state index in [1.165, 1.54) is 11.1 Å². The zero-order chi connectivity index (χ0) is 12.7. The van der Waals surface area contributed by atoms with Crippen LogP contribution in [0, 0.1) is 0 Å². The van der Waals surface area contributed by atoms with Crippen LogP contribution in [0.3, 0.4) is 0 Å². The average Bonchev–Trinajstić information content (AvgIpc) is 2.29. The zero-order valence-corrected chi connectivity index (χ0v) is 10.6. The van der Waals surface area contributed by atoms with Gasteiger partial charge < -0.3 is 10.4 Å². The first-order chi connectivity index (χ1) is 8.15. The van der Waals surface area contributed by atoms with E-state index in [1.54, 1.807) is 0 Å². The summed E-state index contributed by atoms with van der Waals surface area (Å²) in [6.07, 6.45) is 1.97. The van der Waals surface area contributed by atoms with Crippen LogP contribution in [-0.4, -0.2) is 23.7 Å². The number of rotatable bonds is 7. The van der Waals surface area contributed by atoms with Gasteiger partial charge in [0.15, 0.2) is 0 Å². The number of hydrogen-bond acceptors (Lipinski definition) is 2. The molecule has 0 heterocycles. The number of aryl methyl sites for hydroxylation is 1. The number of benzene rings is 1. The Hall–Kier alpha value is -1.35. The van der Waals surface area contributed by atoms with Crippen molar-refractivity contribution >= 4 is 5.97 Å². The van der Waals surface area contributed by atoms with Crippen molar-refractivity contribution < 1.29 is 9.90 Å². The minimum Gasteiger partial charge on any atom is -0.481 e. The number of nitrogens with one attached hydrogen (secondary N) is 1. The highest BCUT2D eigenvalue weighted by Crippen LogP contribution is 2.09. The molecular formula is C14H21NO2. The molecule has 1 aromatic rings. The summed E-state index contributed by atoms with van der Waals surface area (Å²) >= 11 is 0. The molecule has 0 amide bonds. The fourth-order valence-corrected chi connectivity index (χ4v) is 1.91. The van der Waals surface area contributed by atoms with Crippen molar-refractivity contribution in [2.24, 2.45) is 0 Å². The lowest BCUT2D eigenvalue weighted by Gasteiger charge is -2.15. The summed E-state index contributed by atoms with van der Waals surface area (Å²) in [6.45, 7) is 4.92. The maximum Gasteiger partial charge on any atom is 0.304 e. The third-order valence-corrected chi connectivity index (χ3v) is 2.83. The maximum atomic E-state index is 10.7. The van der Waals surface area contributed by atoms with Gasteiger partial charge in [-0.3, -0.25) is 4.79 Å². The molecule has 0 fully saturated rings. The number of aliphatic carboxylic acids is 1. The van der Waals surface area contributed by atoms with Gasteiger partial charge in [-0.25, -0.2) is 0 Å². The van der Waals surface area contributed by atoms with Gasteiger partial charge in [0.25, 0.3) is 0 Å². The van der Waals surface area contributed by atoms with Gasteiger partial charge in [0.1, 0.15) is 0 Å². The third-order valence-electron chi connectivity index (χ3n) is 2.83. The summed E-state index contributed by atoms with van der Waals surface area (Å²) in [4.78, 5) is 10.7. The van der Waals surface area contributed by atoms with Crippen molar-refractivity contribution in [1.29, 1.82) is 0 Å². The van der Waals surface area contributed by atoms with Gasteiger partial charge in [-0.15, -0.1) is 0 Å². The third kappa shape index (κ3) is 5.00. The van der Waals surface area contributed by atoms with Crippen LogP contribution < -0.4 is 5.32 Å². The molecule has 1 unspecified atom stereocenters. The molecule has 94 valence electrons. The van der Waals surface area contributed by atoms with Gasteiger partial charge in [0.05, 0.1) is 6.42 Å². The van der Waals surface area contributed by atoms with Crippen molar-refractivity contribution in [3.8, 4) is 0 Å². The molecule has 0 saturated carbocycles. The molecule has 3 heteroatoms. The van der Waals surface area contributed by atoms with Crippen molar-refractivity contribution in [3.05, 3.63) is 35.4 Å². The molecule has 0 bridgehead atoms. The lowest BCUT2D eigenvalue weighted by molar-refractivity contribution is -0.137. The fourth-order valence-electron chi connectivity index (χ4n) is 1.91. The first kappa shape index (κ1) is 13.7. The lowest BCUT2D eigenvalue weighted by Crippen LogP contribution is -2.33. The molecule has 0 aliphatic heterocycles. The van der Waals surface area contributed by atoms with E-state index in [0.717, 1.165) is 19.4 Å². The first-order valence-corrected chi connectivity index (χ1v) is 6.18. The second kappa shape index (κ2) is 7.07. The van der Waals surface area contributed by atoms with Crippen molar-refractivity contribution in [2.45, 2.75) is 39.2 Å². The van der Waals surface area contributed by atoms with E-state index < -0.39 is 5.97 Å². The lowest BCUT2D eigenvalue weighted by atomic mass is 10.0. The Bertz CT molecular complexity index is 346. The smallest absolute Gasteiger partial charge is 0.304 e. The summed E-state index contributed by atoms with van der Waals surface area (Å²) in [5.74, 6) is -0.749. The van der Waals surface area contributed by atoms with Crippen LogP contribution in [0.1, 0.15) is 31.4 Å². The zero-order valence-electron chi connectivity index (χ0n) is 10.6. The Labute approximate surface area is 103 Å². The quantitative estimate of drug-likeness (QED) is 0.762. The van der Waals surface area contributed by atoms with Crippen LogP contribution in [0.15, 0.2) is 24.3 Å². The minimum absolute atomic E-state index is 0.0185. The number of hydrogen-bond donors (Lipinski definition) is 2. The SMILES string of the molecule is CCNC(CC(=O)O)Cc1ccc(CC)cc1. The highest BCUT2D eigenvalue weighted by molar-refractivity contribution is 5.67. The molecule has 1 aromatic carbocycles. The van der Waals surface area contributed by atoms with Gasteiger partial charge in [0.2, 0.25) is 0 Å². The average molecular weight is 235 g/mol. The van der Waals surface area contributed by atoms with E-state index in [1.807, 2.05) is 6.92 Å². The molecule has 0 aliphatic carbocycles. The van der Waals surface area contributed by atoms with Crippen LogP contribution >= 0.6 is 0 Å². The molecule has 2 N–H and O–H groups in total. The molecule has 0 saturated heterocycles. The summed E-state index contributed by atoms with van der Waals surface area (Å²) in [5, 5.41) is 12.0. The minimum atomic E-state index is -0.749. The van der Waals surface area contributed by atoms with E-state index in [9.17, 15) is 4.79 Å². The Balaban J connectivity index is 2.61. The van der Waals surface area contributed by atoms with E-state index in [-0.39, 0.29) is 12.5 Å². The second-order valence-corrected chi connectivity index (χ2v) is 4.23. The number of carboxylic acid groups (broad SMARTS) is 1. The predicted molar refractivity (Wildman–Crippen MR) is 69.2 cm³/mol. The van der Waals surface area contributed by atoms with Crippen molar-refractivity contribution in [1.82, 2.24) is 5.32 Å². The Morgan fingerprint density at radius 1 is 1.24 bits per heavy atom. The molecule has 0 aliphatic rings. The van der Waals surface area contributed by atoms with E-state index in [0.29, 0.717) is 0 Å². The molecule has 1 atom stereocenters. The van der Waals surface area contributed by atoms with Crippen LogP contribution in [0.4, 0.5) is 0 Å². The predicted octanol–water partition coefficient (Wildman–Crippen LogP) is 2.24. The van der Waals surface area contributed by atoms with Gasteiger partial charge in [0, 0.05) is 6.04 Å². The largest absolute Gasteiger partial charge is 0.481 e. The number of likely N-dealkylation sites (N-methyl/N-ethyl adjacent to an activating group) is 1. The standard InChI is InChI=1S/C14H21NO2/c1-3-11-5-7-12(8-6-11)9-13(15-4-2)10-14(16)17/h5-8,13,15H,3-4,9-10H2,1-2H3,(H,16,17). The van der Waals surface area contributed by atoms with Crippen LogP contribution in [0.5, 0.6) is 0 Å². The fraction of sp³-hybridized carbons (Fsp3) is 0.500. The number of carbonyl (C=O) groups is 1. The van der Waals surface area contributed by atoms with E-state index in [2.05, 4.69) is 36.5 Å². The summed E-state index contributed by atoms with van der Waals surface area (Å²) in [6, 6.07) is 8.42. The second-order valence-electron chi connectivity index (χ2n) is 4.23. The molecule has 1 rings (SSSR count). The molecule has 0 spiro atoms. The summed E-state index contributed by atoms with van der Waals surface area (Å²) in [5.41, 5.74) is 2.50. The molecule has 0 aromatic heterocycles. The Morgan fingerprint density at radius 2 is 1.82 bits per heavy atom. The monoisotopic (exact) mass is 235 g/mol. The molecule has 17 heavy (non-hydrogen) atoms. The first-order valence-electron chi connectivity index (χ1n) is 6.18. The van der Waals surface area contributed by atoms with Crippen molar-refractivity contribution in [2.75, 3.05) is 6.54 Å². The van der Waals surface area contributed by atoms with E-state index in [4.69, 9.17) is 5.11 Å². The van der Waals surface area contributed by atoms with Gasteiger partial charge >= 0.3 is 5.97 Å². The highest BCUT2D eigenvalue weighted by Gasteiger charge is 2.12. The highest BCUT2D eigenvalue weighted by atomic mass is 16.4. The van der Waals surface area contributed by atoms with Crippen LogP contribution in [-0.2, 0) is 17.6 Å². The molecular weight excluding hydrogens is 214 g/mol. The Morgan fingerprint density at radius 3 is 2.29 bits per heavy atom. The topological polar surface area (TPSA) is 49.3 Å². The molecule has 3 nitrogen and oxygen atoms in total. The van der Waals surface area contributed by atoms with Gasteiger partial charge in [-0.1, -0.05) is 38.1 Å². The van der Waals surface area contributed by atoms with Crippen LogP contribution in [0.25, 0.3) is 0 Å². The summed E-state index contributed by atoms with van der Waals surface area (Å²) in [7, 11) is 0. The van der Waals surface area contributed by atoms with Gasteiger partial charge in [-0.05, 0) is 30.5 Å². The normalized spacial score (nSPS) is 12.4. The van der Waals surface area contributed by atoms with Gasteiger partial charge in [-0.2, -0.15) is 0 Å². The Kier molecular flexibility index (Phi) is 5.70. The van der Waals surface area contributed by atoms with E-state index >= 15 is 0 Å². The summed E-state index contributed by atoms with van der Waals surface area (Å²) < 4.78 is 0. The maximum absolute atomic E-state index is 10.7. The van der Waals surface area contributed by atoms with Crippen molar-refractivity contribution in [3.63, 3.8) is 0 Å². The molecule has 0 radical (unpaired) electrons.